The summed E-state index contributed by atoms with van der Waals surface area (Å²) in [5, 5.41) is 0.0123. The fourth-order valence-electron chi connectivity index (χ4n) is 2.96. The Kier molecular flexibility index (Phi) is 6.15. The second kappa shape index (κ2) is 7.68. The van der Waals surface area contributed by atoms with Crippen LogP contribution >= 0.6 is 24.2 Å². The number of carbonyl (C=O) groups excluding carboxylic acids is 1. The van der Waals surface area contributed by atoms with Gasteiger partial charge < -0.3 is 15.4 Å². The van der Waals surface area contributed by atoms with E-state index in [-0.39, 0.29) is 29.7 Å². The minimum atomic E-state index is -0.0209. The van der Waals surface area contributed by atoms with Gasteiger partial charge in [-0.15, -0.1) is 24.2 Å². The lowest BCUT2D eigenvalue weighted by molar-refractivity contribution is -0.131. The van der Waals surface area contributed by atoms with Gasteiger partial charge in [0.05, 0.1) is 11.4 Å². The van der Waals surface area contributed by atoms with Crippen molar-refractivity contribution in [1.82, 2.24) is 4.90 Å². The van der Waals surface area contributed by atoms with Crippen molar-refractivity contribution in [2.24, 2.45) is 5.73 Å². The third-order valence-electron chi connectivity index (χ3n) is 4.09. The number of carbonyl (C=O) groups is 1. The molecule has 1 aromatic rings. The van der Waals surface area contributed by atoms with E-state index >= 15 is 0 Å². The molecule has 6 heteroatoms. The molecular weight excluding hydrogens is 320 g/mol. The van der Waals surface area contributed by atoms with E-state index in [9.17, 15) is 4.79 Å². The molecule has 0 radical (unpaired) electrons. The molecule has 122 valence electrons. The molecule has 0 bridgehead atoms. The van der Waals surface area contributed by atoms with Crippen molar-refractivity contribution >= 4 is 30.1 Å². The van der Waals surface area contributed by atoms with Crippen molar-refractivity contribution in [3.8, 4) is 0 Å². The summed E-state index contributed by atoms with van der Waals surface area (Å²) >= 11 is 1.70. The number of fused-ring (bicyclic) bond motifs is 1. The minimum Gasteiger partial charge on any atom is -0.375 e. The Hall–Kier alpha value is -0.750. The Morgan fingerprint density at radius 3 is 3.09 bits per heavy atom. The number of thioether (sulfide) groups is 1. The predicted octanol–water partition coefficient (Wildman–Crippen LogP) is 2.01. The number of ether oxygens (including phenoxy) is 1. The highest BCUT2D eigenvalue weighted by atomic mass is 35.5. The van der Waals surface area contributed by atoms with Crippen LogP contribution in [0.25, 0.3) is 0 Å². The van der Waals surface area contributed by atoms with Crippen molar-refractivity contribution < 1.29 is 9.53 Å². The van der Waals surface area contributed by atoms with E-state index in [4.69, 9.17) is 10.5 Å². The number of aryl methyl sites for hydroxylation is 1. The van der Waals surface area contributed by atoms with Gasteiger partial charge in [0.2, 0.25) is 5.91 Å². The second-order valence-electron chi connectivity index (χ2n) is 5.79. The lowest BCUT2D eigenvalue weighted by atomic mass is 10.1. The Morgan fingerprint density at radius 1 is 1.50 bits per heavy atom. The lowest BCUT2D eigenvalue weighted by Gasteiger charge is -2.25. The maximum Gasteiger partial charge on any atom is 0.236 e. The van der Waals surface area contributed by atoms with Crippen LogP contribution in [0.2, 0.25) is 0 Å². The van der Waals surface area contributed by atoms with Crippen LogP contribution in [0, 0.1) is 6.92 Å². The van der Waals surface area contributed by atoms with E-state index in [1.165, 1.54) is 16.0 Å². The van der Waals surface area contributed by atoms with Crippen LogP contribution in [0.1, 0.15) is 17.5 Å². The maximum atomic E-state index is 12.8. The summed E-state index contributed by atoms with van der Waals surface area (Å²) in [5.41, 5.74) is 8.27. The zero-order valence-corrected chi connectivity index (χ0v) is 14.4. The standard InChI is InChI=1S/C16H22N2O2S.ClH/c1-11-3-4-14-12(7-11)8-15(21-14)16(19)18-5-2-6-20-13(9-17)10-18;/h3-4,7,13,15H,2,5-6,8-10,17H2,1H3;1H. The van der Waals surface area contributed by atoms with Crippen LogP contribution < -0.4 is 5.73 Å². The first-order valence-corrected chi connectivity index (χ1v) is 8.42. The van der Waals surface area contributed by atoms with Crippen molar-refractivity contribution in [2.75, 3.05) is 26.2 Å². The second-order valence-corrected chi connectivity index (χ2v) is 7.03. The summed E-state index contributed by atoms with van der Waals surface area (Å²) in [5.74, 6) is 0.234. The molecule has 3 rings (SSSR count). The van der Waals surface area contributed by atoms with Crippen molar-refractivity contribution in [2.45, 2.75) is 36.0 Å². The Balaban J connectivity index is 0.00000176. The summed E-state index contributed by atoms with van der Waals surface area (Å²) in [6.07, 6.45) is 1.71. The van der Waals surface area contributed by atoms with E-state index in [1.807, 2.05) is 4.90 Å². The van der Waals surface area contributed by atoms with Gasteiger partial charge in [0.1, 0.15) is 0 Å². The average molecular weight is 343 g/mol. The SMILES string of the molecule is Cc1ccc2c(c1)CC(C(=O)N1CCCOC(CN)C1)S2.Cl. The van der Waals surface area contributed by atoms with Gasteiger partial charge in [-0.1, -0.05) is 17.7 Å². The molecule has 0 aromatic heterocycles. The molecule has 0 spiro atoms. The van der Waals surface area contributed by atoms with Gasteiger partial charge in [-0.3, -0.25) is 4.79 Å². The molecule has 2 unspecified atom stereocenters. The van der Waals surface area contributed by atoms with Crippen LogP contribution in [0.4, 0.5) is 0 Å². The summed E-state index contributed by atoms with van der Waals surface area (Å²) in [4.78, 5) is 16.0. The smallest absolute Gasteiger partial charge is 0.236 e. The molecule has 1 amide bonds. The molecule has 1 saturated heterocycles. The van der Waals surface area contributed by atoms with E-state index in [0.717, 1.165) is 19.4 Å². The number of nitrogens with zero attached hydrogens (tertiary/aromatic N) is 1. The Morgan fingerprint density at radius 2 is 2.32 bits per heavy atom. The number of benzene rings is 1. The van der Waals surface area contributed by atoms with Gasteiger partial charge >= 0.3 is 0 Å². The molecule has 2 aliphatic rings. The van der Waals surface area contributed by atoms with Crippen molar-refractivity contribution in [3.63, 3.8) is 0 Å². The van der Waals surface area contributed by atoms with Gasteiger partial charge in [-0.2, -0.15) is 0 Å². The van der Waals surface area contributed by atoms with E-state index in [0.29, 0.717) is 19.7 Å². The number of rotatable bonds is 2. The molecule has 22 heavy (non-hydrogen) atoms. The largest absolute Gasteiger partial charge is 0.375 e. The van der Waals surface area contributed by atoms with Gasteiger partial charge in [0, 0.05) is 31.1 Å². The predicted molar refractivity (Wildman–Crippen MR) is 91.8 cm³/mol. The quantitative estimate of drug-likeness (QED) is 0.893. The molecule has 1 fully saturated rings. The fourth-order valence-corrected chi connectivity index (χ4v) is 4.22. The molecule has 1 aromatic carbocycles. The summed E-state index contributed by atoms with van der Waals surface area (Å²) in [7, 11) is 0. The Labute approximate surface area is 142 Å². The summed E-state index contributed by atoms with van der Waals surface area (Å²) in [6.45, 7) is 4.67. The Bertz CT molecular complexity index is 541. The highest BCUT2D eigenvalue weighted by Crippen LogP contribution is 2.38. The number of hydrogen-bond donors (Lipinski definition) is 1. The first kappa shape index (κ1) is 17.6. The van der Waals surface area contributed by atoms with Gasteiger partial charge in [-0.05, 0) is 31.4 Å². The number of halogens is 1. The number of amides is 1. The van der Waals surface area contributed by atoms with E-state index < -0.39 is 0 Å². The molecule has 0 aliphatic carbocycles. The van der Waals surface area contributed by atoms with E-state index in [1.54, 1.807) is 11.8 Å². The molecular formula is C16H23ClN2O2S. The first-order valence-electron chi connectivity index (χ1n) is 7.54. The minimum absolute atomic E-state index is 0. The normalized spacial score (nSPS) is 24.4. The molecule has 2 aliphatic heterocycles. The van der Waals surface area contributed by atoms with Crippen LogP contribution in [-0.2, 0) is 16.0 Å². The van der Waals surface area contributed by atoms with Crippen LogP contribution in [-0.4, -0.2) is 48.4 Å². The highest BCUT2D eigenvalue weighted by Gasteiger charge is 2.33. The zero-order chi connectivity index (χ0) is 14.8. The molecule has 2 N–H and O–H groups in total. The zero-order valence-electron chi connectivity index (χ0n) is 12.8. The number of hydrogen-bond acceptors (Lipinski definition) is 4. The molecule has 2 atom stereocenters. The third kappa shape index (κ3) is 3.77. The van der Waals surface area contributed by atoms with Crippen molar-refractivity contribution in [3.05, 3.63) is 29.3 Å². The lowest BCUT2D eigenvalue weighted by Crippen LogP contribution is -2.43. The monoisotopic (exact) mass is 342 g/mol. The molecule has 2 heterocycles. The van der Waals surface area contributed by atoms with Gasteiger partial charge in [0.15, 0.2) is 0 Å². The van der Waals surface area contributed by atoms with Gasteiger partial charge in [-0.25, -0.2) is 0 Å². The van der Waals surface area contributed by atoms with E-state index in [2.05, 4.69) is 25.1 Å². The molecule has 4 nitrogen and oxygen atoms in total. The summed E-state index contributed by atoms with van der Waals surface area (Å²) in [6, 6.07) is 6.45. The first-order chi connectivity index (χ1) is 10.2. The van der Waals surface area contributed by atoms with Crippen LogP contribution in [0.15, 0.2) is 23.1 Å². The average Bonchev–Trinajstić information content (AvgIpc) is 2.75. The van der Waals surface area contributed by atoms with Crippen molar-refractivity contribution in [1.29, 1.82) is 0 Å². The fraction of sp³-hybridized carbons (Fsp3) is 0.562. The highest BCUT2D eigenvalue weighted by molar-refractivity contribution is 8.01. The third-order valence-corrected chi connectivity index (χ3v) is 5.40. The van der Waals surface area contributed by atoms with Crippen LogP contribution in [0.5, 0.6) is 0 Å². The maximum absolute atomic E-state index is 12.8. The number of nitrogens with two attached hydrogens (primary N) is 1. The van der Waals surface area contributed by atoms with Gasteiger partial charge in [0.25, 0.3) is 0 Å². The summed E-state index contributed by atoms with van der Waals surface area (Å²) < 4.78 is 5.65. The topological polar surface area (TPSA) is 55.6 Å². The molecule has 0 saturated carbocycles. The van der Waals surface area contributed by atoms with Crippen LogP contribution in [0.3, 0.4) is 0 Å².